The number of anilines is 2. The Morgan fingerprint density at radius 1 is 1.43 bits per heavy atom. The molecule has 2 aromatic rings. The minimum atomic E-state index is -3.43. The van der Waals surface area contributed by atoms with Crippen molar-refractivity contribution in [3.05, 3.63) is 52.6 Å². The first-order valence-electron chi connectivity index (χ1n) is 9.31. The van der Waals surface area contributed by atoms with Crippen molar-refractivity contribution >= 4 is 32.9 Å². The molecule has 4 atom stereocenters. The van der Waals surface area contributed by atoms with Crippen LogP contribution in [0, 0.1) is 0 Å². The quantitative estimate of drug-likeness (QED) is 0.324. The number of nitrogens with zero attached hydrogens (tertiary/aromatic N) is 2. The maximum absolute atomic E-state index is 13.0. The van der Waals surface area contributed by atoms with Crippen molar-refractivity contribution in [3.8, 4) is 0 Å². The van der Waals surface area contributed by atoms with Crippen molar-refractivity contribution in [3.63, 3.8) is 0 Å². The van der Waals surface area contributed by atoms with E-state index in [2.05, 4.69) is 10.3 Å². The average molecular weight is 436 g/mol. The zero-order chi connectivity index (χ0) is 21.5. The second-order valence-corrected chi connectivity index (χ2v) is 9.38. The summed E-state index contributed by atoms with van der Waals surface area (Å²) in [4.78, 5) is 39.4. The zero-order valence-electron chi connectivity index (χ0n) is 16.3. The molecule has 0 aliphatic carbocycles. The molecule has 0 amide bonds. The van der Waals surface area contributed by atoms with E-state index < -0.39 is 44.0 Å². The molecule has 30 heavy (non-hydrogen) atoms. The molecule has 160 valence electrons. The summed E-state index contributed by atoms with van der Waals surface area (Å²) < 4.78 is 23.9. The summed E-state index contributed by atoms with van der Waals surface area (Å²) in [6.45, 7) is 0.0404. The van der Waals surface area contributed by atoms with Gasteiger partial charge in [-0.05, 0) is 0 Å². The number of nitrogens with two attached hydrogens (primary N) is 1. The molecular formula is C17H22BN4O7P. The van der Waals surface area contributed by atoms with E-state index in [-0.39, 0.29) is 12.4 Å². The van der Waals surface area contributed by atoms with Crippen molar-refractivity contribution in [1.29, 1.82) is 0 Å². The first-order chi connectivity index (χ1) is 14.3. The number of hydrogen-bond donors (Lipinski definition) is 3. The first kappa shape index (κ1) is 20.8. The van der Waals surface area contributed by atoms with E-state index >= 15 is 0 Å². The van der Waals surface area contributed by atoms with Gasteiger partial charge in [0.1, 0.15) is 0 Å². The summed E-state index contributed by atoms with van der Waals surface area (Å²) >= 11 is 0. The number of hydrogen-bond acceptors (Lipinski definition) is 10. The van der Waals surface area contributed by atoms with Crippen molar-refractivity contribution in [1.82, 2.24) is 9.55 Å². The Kier molecular flexibility index (Phi) is 5.52. The van der Waals surface area contributed by atoms with Crippen LogP contribution in [-0.4, -0.2) is 59.9 Å². The number of carbonyl (C=O) groups excluding carboxylic acids is 1. The Bertz CT molecular complexity index is 1020. The third kappa shape index (κ3) is 3.92. The van der Waals surface area contributed by atoms with Crippen LogP contribution in [0.3, 0.4) is 0 Å². The molecule has 0 saturated carbocycles. The van der Waals surface area contributed by atoms with Gasteiger partial charge in [0.25, 0.3) is 0 Å². The summed E-state index contributed by atoms with van der Waals surface area (Å²) in [6.07, 6.45) is -2.12. The summed E-state index contributed by atoms with van der Waals surface area (Å²) in [5.74, 6) is -0.579. The molecule has 13 heteroatoms. The second kappa shape index (κ2) is 7.97. The van der Waals surface area contributed by atoms with Gasteiger partial charge in [0, 0.05) is 0 Å². The molecule has 0 bridgehead atoms. The fraction of sp³-hybridized carbons (Fsp3) is 0.353. The molecule has 2 aliphatic heterocycles. The standard InChI is InChI=1S/C17H22BN4O7P/c1-20-10-5-3-2-4-9(10)16(23)28-14-13-11(8-26-30(18,25)29-13)27-15(14)22-7-6-12(19)21-17(22)24/h2-7,11,13-15,20,25,30H,8,18H2,1H3,(H2,19,21,24)/t11-,13+,14+,15-/m1/s1. The normalized spacial score (nSPS) is 28.3. The van der Waals surface area contributed by atoms with Gasteiger partial charge in [0.2, 0.25) is 0 Å². The van der Waals surface area contributed by atoms with Crippen LogP contribution in [0.2, 0.25) is 0 Å². The van der Waals surface area contributed by atoms with Crippen LogP contribution in [0.4, 0.5) is 11.5 Å². The third-order valence-electron chi connectivity index (χ3n) is 4.94. The topological polar surface area (TPSA) is 147 Å². The van der Waals surface area contributed by atoms with Crippen LogP contribution in [0.15, 0.2) is 41.3 Å². The van der Waals surface area contributed by atoms with Gasteiger partial charge < -0.3 is 0 Å². The van der Waals surface area contributed by atoms with Crippen LogP contribution < -0.4 is 16.7 Å². The first-order valence-corrected chi connectivity index (χ1v) is 11.6. The van der Waals surface area contributed by atoms with Crippen molar-refractivity contribution in [2.75, 3.05) is 24.7 Å². The van der Waals surface area contributed by atoms with Crippen LogP contribution in [-0.2, 0) is 18.5 Å². The number of carbonyl (C=O) groups is 1. The van der Waals surface area contributed by atoms with E-state index in [4.69, 9.17) is 24.3 Å². The number of benzene rings is 1. The van der Waals surface area contributed by atoms with E-state index in [1.165, 1.54) is 24.4 Å². The van der Waals surface area contributed by atoms with Crippen LogP contribution in [0.5, 0.6) is 0 Å². The van der Waals surface area contributed by atoms with Gasteiger partial charge in [-0.15, -0.1) is 0 Å². The van der Waals surface area contributed by atoms with Crippen LogP contribution >= 0.6 is 7.82 Å². The van der Waals surface area contributed by atoms with Gasteiger partial charge in [-0.3, -0.25) is 0 Å². The number of nitrogens with one attached hydrogen (secondary N) is 1. The summed E-state index contributed by atoms with van der Waals surface area (Å²) in [6, 6.07) is 8.27. The summed E-state index contributed by atoms with van der Waals surface area (Å²) in [5.41, 5.74) is 5.79. The Labute approximate surface area is 173 Å². The van der Waals surface area contributed by atoms with Crippen molar-refractivity contribution < 1.29 is 28.2 Å². The SMILES string of the molecule is B[PH]1(O)OC[C@H]2O[C@@H](n3ccc(N)nc3=O)[C@@H](OC(=O)c3ccccc3NC)[C@H]2O1. The molecule has 2 aliphatic rings. The number of rotatable bonds is 4. The minimum absolute atomic E-state index is 0.0404. The number of fused-ring (bicyclic) bond motifs is 1. The predicted octanol–water partition coefficient (Wildman–Crippen LogP) is -0.559. The number of esters is 1. The molecule has 4 rings (SSSR count). The monoisotopic (exact) mass is 436 g/mol. The van der Waals surface area contributed by atoms with Gasteiger partial charge in [-0.1, -0.05) is 0 Å². The van der Waals surface area contributed by atoms with Gasteiger partial charge in [-0.25, -0.2) is 0 Å². The van der Waals surface area contributed by atoms with E-state index in [1.807, 2.05) is 0 Å². The Morgan fingerprint density at radius 2 is 2.20 bits per heavy atom. The molecule has 3 heterocycles. The molecule has 2 fully saturated rings. The van der Waals surface area contributed by atoms with Crippen molar-refractivity contribution in [2.24, 2.45) is 0 Å². The van der Waals surface area contributed by atoms with E-state index in [0.717, 1.165) is 0 Å². The number of nitrogen functional groups attached to an aromatic ring is 1. The fourth-order valence-electron chi connectivity index (χ4n) is 3.54. The molecule has 0 radical (unpaired) electrons. The molecule has 4 N–H and O–H groups in total. The molecule has 2 saturated heterocycles. The molecule has 0 unspecified atom stereocenters. The fourth-order valence-corrected chi connectivity index (χ4v) is 4.88. The number of ether oxygens (including phenoxy) is 2. The van der Waals surface area contributed by atoms with E-state index in [0.29, 0.717) is 11.3 Å². The Balaban J connectivity index is 1.69. The number of aromatic nitrogens is 2. The van der Waals surface area contributed by atoms with E-state index in [1.54, 1.807) is 31.3 Å². The Hall–Kier alpha value is -2.50. The third-order valence-corrected chi connectivity index (χ3v) is 6.35. The maximum atomic E-state index is 13.0. The molecule has 0 spiro atoms. The Morgan fingerprint density at radius 3 is 2.93 bits per heavy atom. The molecule has 11 nitrogen and oxygen atoms in total. The zero-order valence-corrected chi connectivity index (χ0v) is 17.3. The van der Waals surface area contributed by atoms with E-state index in [9.17, 15) is 14.5 Å². The van der Waals surface area contributed by atoms with Gasteiger partial charge in [-0.2, -0.15) is 0 Å². The average Bonchev–Trinajstić information content (AvgIpc) is 3.04. The van der Waals surface area contributed by atoms with Crippen LogP contribution in [0.25, 0.3) is 0 Å². The van der Waals surface area contributed by atoms with Gasteiger partial charge in [0.05, 0.1) is 0 Å². The predicted molar refractivity (Wildman–Crippen MR) is 112 cm³/mol. The second-order valence-electron chi connectivity index (χ2n) is 7.06. The van der Waals surface area contributed by atoms with Gasteiger partial charge >= 0.3 is 172 Å². The van der Waals surface area contributed by atoms with Crippen LogP contribution in [0.1, 0.15) is 16.6 Å². The number of para-hydroxylation sites is 1. The molecule has 1 aromatic heterocycles. The van der Waals surface area contributed by atoms with Gasteiger partial charge in [0.15, 0.2) is 0 Å². The molecular weight excluding hydrogens is 414 g/mol. The summed E-state index contributed by atoms with van der Waals surface area (Å²) in [5, 5.41) is 2.93. The summed E-state index contributed by atoms with van der Waals surface area (Å²) in [7, 11) is -0.277. The molecule has 1 aromatic carbocycles. The van der Waals surface area contributed by atoms with Crippen molar-refractivity contribution in [2.45, 2.75) is 24.5 Å².